The van der Waals surface area contributed by atoms with Crippen molar-refractivity contribution in [2.75, 3.05) is 26.2 Å². The highest BCUT2D eigenvalue weighted by Gasteiger charge is 2.15. The highest BCUT2D eigenvalue weighted by atomic mass is 16.2. The Labute approximate surface area is 115 Å². The van der Waals surface area contributed by atoms with E-state index >= 15 is 0 Å². The summed E-state index contributed by atoms with van der Waals surface area (Å²) >= 11 is 0. The van der Waals surface area contributed by atoms with Crippen LogP contribution < -0.4 is 16.2 Å². The van der Waals surface area contributed by atoms with Crippen LogP contribution in [0.4, 0.5) is 0 Å². The zero-order chi connectivity index (χ0) is 13.9. The van der Waals surface area contributed by atoms with Gasteiger partial charge in [-0.05, 0) is 12.1 Å². The molecule has 0 aliphatic carbocycles. The number of hydrogen-bond donors (Lipinski definition) is 3. The predicted molar refractivity (Wildman–Crippen MR) is 76.5 cm³/mol. The maximum Gasteiger partial charge on any atom is 0.282 e. The van der Waals surface area contributed by atoms with Gasteiger partial charge in [0.15, 0.2) is 5.43 Å². The molecule has 1 saturated heterocycles. The molecule has 0 atom stereocenters. The van der Waals surface area contributed by atoms with Gasteiger partial charge in [0, 0.05) is 43.1 Å². The molecule has 2 aromatic rings. The first-order valence-corrected chi connectivity index (χ1v) is 6.63. The van der Waals surface area contributed by atoms with Gasteiger partial charge < -0.3 is 10.3 Å². The lowest BCUT2D eigenvalue weighted by Gasteiger charge is -2.27. The van der Waals surface area contributed by atoms with Crippen LogP contribution in [0.25, 0.3) is 10.9 Å². The minimum atomic E-state index is -0.283. The number of para-hydroxylation sites is 1. The van der Waals surface area contributed by atoms with Crippen LogP contribution in [0.3, 0.4) is 0 Å². The zero-order valence-corrected chi connectivity index (χ0v) is 11.0. The monoisotopic (exact) mass is 272 g/mol. The van der Waals surface area contributed by atoms with Crippen molar-refractivity contribution >= 4 is 16.8 Å². The van der Waals surface area contributed by atoms with Gasteiger partial charge >= 0.3 is 0 Å². The molecule has 1 aromatic carbocycles. The number of amides is 1. The van der Waals surface area contributed by atoms with Gasteiger partial charge in [-0.15, -0.1) is 0 Å². The molecule has 0 spiro atoms. The lowest BCUT2D eigenvalue weighted by atomic mass is 10.2. The van der Waals surface area contributed by atoms with E-state index in [4.69, 9.17) is 0 Å². The molecule has 1 aliphatic rings. The Hall–Kier alpha value is -2.18. The largest absolute Gasteiger partial charge is 0.350 e. The van der Waals surface area contributed by atoms with Crippen molar-refractivity contribution in [3.05, 3.63) is 46.2 Å². The number of aromatic amines is 1. The number of H-pyrrole nitrogens is 1. The molecule has 0 bridgehead atoms. The van der Waals surface area contributed by atoms with Crippen molar-refractivity contribution in [2.45, 2.75) is 0 Å². The normalized spacial score (nSPS) is 16.2. The SMILES string of the molecule is O=C(NN1CCNCC1)c1cc(=O)c2ccccc2[nH]1. The summed E-state index contributed by atoms with van der Waals surface area (Å²) in [6, 6.07) is 8.51. The Bertz CT molecular complexity index is 689. The van der Waals surface area contributed by atoms with Gasteiger partial charge in [-0.2, -0.15) is 0 Å². The van der Waals surface area contributed by atoms with Crippen molar-refractivity contribution in [2.24, 2.45) is 0 Å². The van der Waals surface area contributed by atoms with E-state index in [1.165, 1.54) is 6.07 Å². The first kappa shape index (κ1) is 12.8. The minimum absolute atomic E-state index is 0.148. The van der Waals surface area contributed by atoms with E-state index in [1.54, 1.807) is 18.2 Å². The second-order valence-corrected chi connectivity index (χ2v) is 4.77. The highest BCUT2D eigenvalue weighted by Crippen LogP contribution is 2.07. The third kappa shape index (κ3) is 2.56. The van der Waals surface area contributed by atoms with E-state index in [2.05, 4.69) is 15.7 Å². The molecule has 20 heavy (non-hydrogen) atoms. The number of carbonyl (C=O) groups excluding carboxylic acids is 1. The lowest BCUT2D eigenvalue weighted by molar-refractivity contribution is 0.0760. The van der Waals surface area contributed by atoms with E-state index < -0.39 is 0 Å². The summed E-state index contributed by atoms with van der Waals surface area (Å²) in [5.41, 5.74) is 3.62. The summed E-state index contributed by atoms with van der Waals surface area (Å²) in [7, 11) is 0. The first-order valence-electron chi connectivity index (χ1n) is 6.63. The number of rotatable bonds is 2. The van der Waals surface area contributed by atoms with Crippen LogP contribution >= 0.6 is 0 Å². The first-order chi connectivity index (χ1) is 9.74. The van der Waals surface area contributed by atoms with Gasteiger partial charge in [0.1, 0.15) is 5.69 Å². The quantitative estimate of drug-likeness (QED) is 0.723. The fourth-order valence-electron chi connectivity index (χ4n) is 2.30. The second kappa shape index (κ2) is 5.44. The Morgan fingerprint density at radius 3 is 2.75 bits per heavy atom. The van der Waals surface area contributed by atoms with E-state index in [9.17, 15) is 9.59 Å². The number of nitrogens with zero attached hydrogens (tertiary/aromatic N) is 1. The Balaban J connectivity index is 1.86. The minimum Gasteiger partial charge on any atom is -0.350 e. The van der Waals surface area contributed by atoms with E-state index in [-0.39, 0.29) is 17.0 Å². The van der Waals surface area contributed by atoms with Gasteiger partial charge in [0.2, 0.25) is 0 Å². The molecule has 2 heterocycles. The van der Waals surface area contributed by atoms with Gasteiger partial charge in [0.25, 0.3) is 5.91 Å². The maximum atomic E-state index is 12.2. The average molecular weight is 272 g/mol. The summed E-state index contributed by atoms with van der Waals surface area (Å²) in [5, 5.41) is 5.65. The van der Waals surface area contributed by atoms with Crippen molar-refractivity contribution in [3.8, 4) is 0 Å². The Kier molecular flexibility index (Phi) is 3.49. The summed E-state index contributed by atoms with van der Waals surface area (Å²) in [6.07, 6.45) is 0. The third-order valence-electron chi connectivity index (χ3n) is 3.36. The Morgan fingerprint density at radius 2 is 1.95 bits per heavy atom. The molecule has 0 saturated carbocycles. The van der Waals surface area contributed by atoms with Crippen molar-refractivity contribution in [1.82, 2.24) is 20.7 Å². The van der Waals surface area contributed by atoms with Crippen molar-refractivity contribution in [3.63, 3.8) is 0 Å². The van der Waals surface area contributed by atoms with Crippen LogP contribution in [0.15, 0.2) is 35.1 Å². The molecule has 1 aliphatic heterocycles. The van der Waals surface area contributed by atoms with Gasteiger partial charge in [0.05, 0.1) is 0 Å². The van der Waals surface area contributed by atoms with E-state index in [0.29, 0.717) is 10.9 Å². The van der Waals surface area contributed by atoms with Crippen LogP contribution in [0, 0.1) is 0 Å². The molecule has 6 nitrogen and oxygen atoms in total. The van der Waals surface area contributed by atoms with Crippen LogP contribution in [0.2, 0.25) is 0 Å². The van der Waals surface area contributed by atoms with Crippen LogP contribution in [0.1, 0.15) is 10.5 Å². The molecular formula is C14H16N4O2. The number of hydrogen-bond acceptors (Lipinski definition) is 4. The van der Waals surface area contributed by atoms with E-state index in [0.717, 1.165) is 26.2 Å². The highest BCUT2D eigenvalue weighted by molar-refractivity contribution is 5.94. The van der Waals surface area contributed by atoms with Crippen molar-refractivity contribution < 1.29 is 4.79 Å². The number of aromatic nitrogens is 1. The molecule has 3 rings (SSSR count). The Morgan fingerprint density at radius 1 is 1.20 bits per heavy atom. The fourth-order valence-corrected chi connectivity index (χ4v) is 2.30. The van der Waals surface area contributed by atoms with Gasteiger partial charge in [-0.1, -0.05) is 12.1 Å². The number of fused-ring (bicyclic) bond motifs is 1. The third-order valence-corrected chi connectivity index (χ3v) is 3.36. The number of hydrazine groups is 1. The molecular weight excluding hydrogens is 256 g/mol. The predicted octanol–water partition coefficient (Wildman–Crippen LogP) is 0.0781. The topological polar surface area (TPSA) is 77.2 Å². The number of pyridine rings is 1. The summed E-state index contributed by atoms with van der Waals surface area (Å²) in [5.74, 6) is -0.283. The zero-order valence-electron chi connectivity index (χ0n) is 11.0. The maximum absolute atomic E-state index is 12.2. The number of nitrogens with one attached hydrogen (secondary N) is 3. The van der Waals surface area contributed by atoms with Crippen LogP contribution in [-0.2, 0) is 0 Å². The summed E-state index contributed by atoms with van der Waals surface area (Å²) in [4.78, 5) is 27.1. The van der Waals surface area contributed by atoms with E-state index in [1.807, 2.05) is 11.1 Å². The molecule has 104 valence electrons. The number of benzene rings is 1. The van der Waals surface area contributed by atoms with Crippen molar-refractivity contribution in [1.29, 1.82) is 0 Å². The molecule has 3 N–H and O–H groups in total. The van der Waals surface area contributed by atoms with Crippen LogP contribution in [0.5, 0.6) is 0 Å². The number of piperazine rings is 1. The van der Waals surface area contributed by atoms with Gasteiger partial charge in [-0.3, -0.25) is 15.0 Å². The fraction of sp³-hybridized carbons (Fsp3) is 0.286. The second-order valence-electron chi connectivity index (χ2n) is 4.77. The molecule has 6 heteroatoms. The molecule has 1 aromatic heterocycles. The van der Waals surface area contributed by atoms with Crippen LogP contribution in [-0.4, -0.2) is 42.1 Å². The smallest absolute Gasteiger partial charge is 0.282 e. The molecule has 1 fully saturated rings. The lowest BCUT2D eigenvalue weighted by Crippen LogP contribution is -2.52. The standard InChI is InChI=1S/C14H16N4O2/c19-13-9-12(16-11-4-2-1-3-10(11)13)14(20)17-18-7-5-15-6-8-18/h1-4,9,15H,5-8H2,(H,16,19)(H,17,20). The number of carbonyl (C=O) groups is 1. The average Bonchev–Trinajstić information content (AvgIpc) is 2.48. The molecule has 1 amide bonds. The van der Waals surface area contributed by atoms with Gasteiger partial charge in [-0.25, -0.2) is 5.01 Å². The summed E-state index contributed by atoms with van der Waals surface area (Å²) < 4.78 is 0. The molecule has 0 radical (unpaired) electrons. The summed E-state index contributed by atoms with van der Waals surface area (Å²) in [6.45, 7) is 3.19. The molecule has 0 unspecified atom stereocenters.